The Morgan fingerprint density at radius 3 is 2.62 bits per heavy atom. The van der Waals surface area contributed by atoms with Gasteiger partial charge in [-0.1, -0.05) is 0 Å². The zero-order chi connectivity index (χ0) is 12.4. The van der Waals surface area contributed by atoms with E-state index in [0.29, 0.717) is 0 Å². The molecule has 0 saturated heterocycles. The van der Waals surface area contributed by atoms with Crippen LogP contribution in [0, 0.1) is 0 Å². The molecule has 1 heterocycles. The molecule has 0 amide bonds. The zero-order valence-corrected chi connectivity index (χ0v) is 8.41. The van der Waals surface area contributed by atoms with E-state index in [-0.39, 0.29) is 5.76 Å². The Hall–Kier alpha value is -1.48. The van der Waals surface area contributed by atoms with Crippen molar-refractivity contribution in [1.29, 1.82) is 0 Å². The lowest BCUT2D eigenvalue weighted by Crippen LogP contribution is -2.34. The van der Waals surface area contributed by atoms with E-state index < -0.39 is 27.9 Å². The van der Waals surface area contributed by atoms with Crippen LogP contribution in [0.25, 0.3) is 0 Å². The van der Waals surface area contributed by atoms with Crippen LogP contribution in [0.5, 0.6) is 0 Å². The van der Waals surface area contributed by atoms with Gasteiger partial charge in [-0.25, -0.2) is 4.79 Å². The molecule has 0 unspecified atom stereocenters. The quantitative estimate of drug-likeness (QED) is 0.635. The molecule has 0 spiro atoms. The number of alkyl halides is 2. The lowest BCUT2D eigenvalue weighted by Gasteiger charge is -2.11. The van der Waals surface area contributed by atoms with Crippen LogP contribution < -0.4 is 0 Å². The van der Waals surface area contributed by atoms with Crippen LogP contribution in [0.3, 0.4) is 0 Å². The SMILES string of the molecule is O=C(OCC(F)(F)S(=O)(=O)O)c1ccco1. The van der Waals surface area contributed by atoms with Crippen LogP contribution in [-0.2, 0) is 14.9 Å². The highest BCUT2D eigenvalue weighted by Crippen LogP contribution is 2.21. The molecule has 0 aliphatic rings. The Kier molecular flexibility index (Phi) is 3.29. The van der Waals surface area contributed by atoms with Crippen LogP contribution in [0.4, 0.5) is 8.78 Å². The summed E-state index contributed by atoms with van der Waals surface area (Å²) in [6.07, 6.45) is 1.11. The molecule has 1 aromatic rings. The molecule has 0 bridgehead atoms. The summed E-state index contributed by atoms with van der Waals surface area (Å²) in [5, 5.41) is -4.55. The van der Waals surface area contributed by atoms with Crippen molar-refractivity contribution in [2.45, 2.75) is 5.25 Å². The summed E-state index contributed by atoms with van der Waals surface area (Å²) in [5.41, 5.74) is 0. The van der Waals surface area contributed by atoms with Crippen molar-refractivity contribution in [1.82, 2.24) is 0 Å². The molecule has 1 N–H and O–H groups in total. The van der Waals surface area contributed by atoms with Crippen molar-refractivity contribution >= 4 is 16.1 Å². The zero-order valence-electron chi connectivity index (χ0n) is 7.59. The number of ether oxygens (including phenoxy) is 1. The van der Waals surface area contributed by atoms with Crippen LogP contribution in [0.1, 0.15) is 10.6 Å². The maximum atomic E-state index is 12.6. The summed E-state index contributed by atoms with van der Waals surface area (Å²) >= 11 is 0. The normalized spacial score (nSPS) is 12.4. The number of esters is 1. The Morgan fingerprint density at radius 2 is 2.19 bits per heavy atom. The van der Waals surface area contributed by atoms with E-state index in [2.05, 4.69) is 9.15 Å². The first kappa shape index (κ1) is 12.6. The summed E-state index contributed by atoms with van der Waals surface area (Å²) in [6.45, 7) is -1.79. The van der Waals surface area contributed by atoms with Gasteiger partial charge in [0.2, 0.25) is 5.76 Å². The Morgan fingerprint density at radius 1 is 1.56 bits per heavy atom. The van der Waals surface area contributed by atoms with Gasteiger partial charge in [-0.3, -0.25) is 4.55 Å². The van der Waals surface area contributed by atoms with Crippen molar-refractivity contribution in [3.05, 3.63) is 24.2 Å². The third kappa shape index (κ3) is 2.76. The maximum absolute atomic E-state index is 12.6. The number of halogens is 2. The molecule has 0 fully saturated rings. The summed E-state index contributed by atoms with van der Waals surface area (Å²) < 4.78 is 62.0. The topological polar surface area (TPSA) is 93.8 Å². The standard InChI is InChI=1S/C7H6F2O6S/c8-7(9,16(11,12)13)4-15-6(10)5-2-1-3-14-5/h1-3H,4H2,(H,11,12,13). The Labute approximate surface area is 88.6 Å². The molecule has 0 aliphatic heterocycles. The Bertz CT molecular complexity index is 463. The highest BCUT2D eigenvalue weighted by molar-refractivity contribution is 7.86. The summed E-state index contributed by atoms with van der Waals surface area (Å²) in [7, 11) is -5.61. The molecular weight excluding hydrogens is 250 g/mol. The summed E-state index contributed by atoms with van der Waals surface area (Å²) in [6, 6.07) is 2.46. The first-order valence-corrected chi connectivity index (χ1v) is 5.23. The van der Waals surface area contributed by atoms with Gasteiger partial charge in [0.25, 0.3) is 0 Å². The number of carbonyl (C=O) groups excluding carboxylic acids is 1. The second-order valence-electron chi connectivity index (χ2n) is 2.67. The fourth-order valence-electron chi connectivity index (χ4n) is 0.690. The second-order valence-corrected chi connectivity index (χ2v) is 4.21. The molecule has 0 radical (unpaired) electrons. The second kappa shape index (κ2) is 4.18. The van der Waals surface area contributed by atoms with Crippen molar-refractivity contribution in [3.63, 3.8) is 0 Å². The number of hydrogen-bond acceptors (Lipinski definition) is 5. The molecule has 1 rings (SSSR count). The molecular formula is C7H6F2O6S. The lowest BCUT2D eigenvalue weighted by atomic mass is 10.5. The molecule has 9 heteroatoms. The summed E-state index contributed by atoms with van der Waals surface area (Å²) in [4.78, 5) is 11.0. The van der Waals surface area contributed by atoms with E-state index in [1.54, 1.807) is 0 Å². The molecule has 6 nitrogen and oxygen atoms in total. The number of rotatable bonds is 4. The van der Waals surface area contributed by atoms with Gasteiger partial charge in [-0.2, -0.15) is 17.2 Å². The van der Waals surface area contributed by atoms with Gasteiger partial charge in [0.15, 0.2) is 6.61 Å². The van der Waals surface area contributed by atoms with Gasteiger partial charge in [0.05, 0.1) is 6.26 Å². The van der Waals surface area contributed by atoms with Crippen molar-refractivity contribution < 1.29 is 35.7 Å². The minimum atomic E-state index is -5.61. The van der Waals surface area contributed by atoms with Crippen molar-refractivity contribution in [2.75, 3.05) is 6.61 Å². The van der Waals surface area contributed by atoms with Gasteiger partial charge < -0.3 is 9.15 Å². The largest absolute Gasteiger partial charge is 0.457 e. The van der Waals surface area contributed by atoms with Crippen molar-refractivity contribution in [2.24, 2.45) is 0 Å². The third-order valence-electron chi connectivity index (χ3n) is 1.47. The lowest BCUT2D eigenvalue weighted by molar-refractivity contribution is -0.0114. The molecule has 16 heavy (non-hydrogen) atoms. The van der Waals surface area contributed by atoms with Gasteiger partial charge in [0, 0.05) is 0 Å². The van der Waals surface area contributed by atoms with E-state index in [1.165, 1.54) is 6.07 Å². The fourth-order valence-corrected chi connectivity index (χ4v) is 0.898. The van der Waals surface area contributed by atoms with Crippen molar-refractivity contribution in [3.8, 4) is 0 Å². The predicted molar refractivity (Wildman–Crippen MR) is 45.5 cm³/mol. The van der Waals surface area contributed by atoms with Crippen LogP contribution in [-0.4, -0.2) is 30.8 Å². The van der Waals surface area contributed by atoms with E-state index in [4.69, 9.17) is 4.55 Å². The first-order chi connectivity index (χ1) is 7.24. The molecule has 0 atom stereocenters. The van der Waals surface area contributed by atoms with E-state index in [0.717, 1.165) is 12.3 Å². The van der Waals surface area contributed by atoms with Gasteiger partial charge in [0.1, 0.15) is 0 Å². The molecule has 0 aromatic carbocycles. The van der Waals surface area contributed by atoms with E-state index in [1.807, 2.05) is 0 Å². The predicted octanol–water partition coefficient (Wildman–Crippen LogP) is 0.917. The average molecular weight is 256 g/mol. The van der Waals surface area contributed by atoms with Gasteiger partial charge in [-0.05, 0) is 12.1 Å². The van der Waals surface area contributed by atoms with Gasteiger partial charge in [-0.15, -0.1) is 0 Å². The van der Waals surface area contributed by atoms with Crippen LogP contribution in [0.2, 0.25) is 0 Å². The average Bonchev–Trinajstić information content (AvgIpc) is 2.65. The number of hydrogen-bond donors (Lipinski definition) is 1. The molecule has 90 valence electrons. The number of furan rings is 1. The highest BCUT2D eigenvalue weighted by atomic mass is 32.2. The monoisotopic (exact) mass is 256 g/mol. The fraction of sp³-hybridized carbons (Fsp3) is 0.286. The molecule has 1 aromatic heterocycles. The van der Waals surface area contributed by atoms with E-state index in [9.17, 15) is 22.0 Å². The molecule has 0 aliphatic carbocycles. The smallest absolute Gasteiger partial charge is 0.402 e. The Balaban J connectivity index is 2.63. The van der Waals surface area contributed by atoms with Crippen LogP contribution >= 0.6 is 0 Å². The minimum absolute atomic E-state index is 0.355. The van der Waals surface area contributed by atoms with E-state index >= 15 is 0 Å². The van der Waals surface area contributed by atoms with Gasteiger partial charge >= 0.3 is 21.3 Å². The number of carbonyl (C=O) groups is 1. The minimum Gasteiger partial charge on any atom is -0.457 e. The highest BCUT2D eigenvalue weighted by Gasteiger charge is 2.45. The van der Waals surface area contributed by atoms with Crippen LogP contribution in [0.15, 0.2) is 22.8 Å². The first-order valence-electron chi connectivity index (χ1n) is 3.79. The maximum Gasteiger partial charge on any atom is 0.402 e. The molecule has 0 saturated carbocycles. The summed E-state index contributed by atoms with van der Waals surface area (Å²) in [5.74, 6) is -1.61. The third-order valence-corrected chi connectivity index (χ3v) is 2.34.